The number of imidazole rings is 2. The lowest BCUT2D eigenvalue weighted by molar-refractivity contribution is 0.324. The summed E-state index contributed by atoms with van der Waals surface area (Å²) in [6.45, 7) is 1.94. The Labute approximate surface area is 236 Å². The minimum Gasteiger partial charge on any atom is -0.493 e. The fourth-order valence-corrected chi connectivity index (χ4v) is 4.58. The number of nitrogens with one attached hydrogen (secondary N) is 2. The molecule has 0 amide bonds. The quantitative estimate of drug-likeness (QED) is 0.231. The van der Waals surface area contributed by atoms with Gasteiger partial charge in [0, 0.05) is 52.8 Å². The molecule has 0 atom stereocenters. The maximum Gasteiger partial charge on any atom is 0.245 e. The van der Waals surface area contributed by atoms with Gasteiger partial charge in [-0.05, 0) is 43.3 Å². The lowest BCUT2D eigenvalue weighted by atomic mass is 10.2. The van der Waals surface area contributed by atoms with E-state index in [1.54, 1.807) is 56.7 Å². The van der Waals surface area contributed by atoms with E-state index in [1.807, 2.05) is 66.2 Å². The fraction of sp³-hybridized carbons (Fsp3) is 0.133. The lowest BCUT2D eigenvalue weighted by Crippen LogP contribution is -2.04. The van der Waals surface area contributed by atoms with Crippen LogP contribution in [0.5, 0.6) is 17.2 Å². The zero-order valence-corrected chi connectivity index (χ0v) is 23.0. The van der Waals surface area contributed by atoms with Gasteiger partial charge in [-0.1, -0.05) is 12.1 Å². The number of benzene rings is 3. The molecule has 3 heterocycles. The second kappa shape index (κ2) is 10.9. The number of methoxy groups -OCH3 is 3. The molecule has 11 nitrogen and oxygen atoms in total. The summed E-state index contributed by atoms with van der Waals surface area (Å²) in [5.74, 6) is 2.64. The first-order valence-corrected chi connectivity index (χ1v) is 12.8. The molecule has 0 radical (unpaired) electrons. The Morgan fingerprint density at radius 2 is 1.59 bits per heavy atom. The summed E-state index contributed by atoms with van der Waals surface area (Å²) in [7, 11) is 4.71. The number of rotatable bonds is 9. The third-order valence-corrected chi connectivity index (χ3v) is 6.58. The topological polar surface area (TPSA) is 113 Å². The van der Waals surface area contributed by atoms with Gasteiger partial charge in [-0.3, -0.25) is 0 Å². The van der Waals surface area contributed by atoms with E-state index in [4.69, 9.17) is 24.3 Å². The zero-order chi connectivity index (χ0) is 28.3. The van der Waals surface area contributed by atoms with Gasteiger partial charge in [-0.15, -0.1) is 5.10 Å². The average Bonchev–Trinajstić information content (AvgIpc) is 3.65. The van der Waals surface area contributed by atoms with Crippen molar-refractivity contribution in [2.75, 3.05) is 32.0 Å². The van der Waals surface area contributed by atoms with Gasteiger partial charge < -0.3 is 29.4 Å². The molecule has 11 heteroatoms. The van der Waals surface area contributed by atoms with Gasteiger partial charge in [-0.2, -0.15) is 0 Å². The minimum absolute atomic E-state index is 0.387. The summed E-state index contributed by atoms with van der Waals surface area (Å²) in [5.41, 5.74) is 6.16. The number of ether oxygens (including phenoxy) is 3. The van der Waals surface area contributed by atoms with Crippen LogP contribution in [0.1, 0.15) is 5.69 Å². The predicted octanol–water partition coefficient (Wildman–Crippen LogP) is 5.80. The molecule has 0 aliphatic carbocycles. The van der Waals surface area contributed by atoms with E-state index in [9.17, 15) is 0 Å². The first-order chi connectivity index (χ1) is 20.1. The Hall–Kier alpha value is -5.58. The Morgan fingerprint density at radius 3 is 2.27 bits per heavy atom. The number of aromatic nitrogens is 6. The Bertz CT molecular complexity index is 1790. The van der Waals surface area contributed by atoms with Crippen LogP contribution in [0, 0.1) is 6.92 Å². The summed E-state index contributed by atoms with van der Waals surface area (Å²) >= 11 is 0. The first kappa shape index (κ1) is 25.7. The summed E-state index contributed by atoms with van der Waals surface area (Å²) in [6, 6.07) is 19.8. The lowest BCUT2D eigenvalue weighted by Gasteiger charge is -2.14. The third kappa shape index (κ3) is 5.08. The van der Waals surface area contributed by atoms with Crippen LogP contribution < -0.4 is 24.8 Å². The molecule has 0 saturated heterocycles. The normalized spacial score (nSPS) is 10.9. The monoisotopic (exact) mass is 548 g/mol. The molecule has 0 aliphatic rings. The standard InChI is InChI=1S/C30H28N8O3/c1-19-25-17-32-30(35-23-15-26(39-2)28(41-4)27(16-23)40-3)36-38(25)29(33-19)20-6-5-7-22(14-20)34-21-8-10-24(11-9-21)37-13-12-31-18-37/h5-18,34H,1-4H3,(H,35,36). The van der Waals surface area contributed by atoms with Crippen molar-refractivity contribution in [2.45, 2.75) is 6.92 Å². The van der Waals surface area contributed by atoms with Gasteiger partial charge in [0.25, 0.3) is 0 Å². The molecule has 6 aromatic rings. The molecule has 206 valence electrons. The number of nitrogens with zero attached hydrogens (tertiary/aromatic N) is 6. The molecular formula is C30H28N8O3. The Morgan fingerprint density at radius 1 is 0.805 bits per heavy atom. The number of aryl methyl sites for hydroxylation is 1. The molecule has 0 spiro atoms. The fourth-order valence-electron chi connectivity index (χ4n) is 4.58. The van der Waals surface area contributed by atoms with Gasteiger partial charge in [0.15, 0.2) is 17.3 Å². The average molecular weight is 549 g/mol. The van der Waals surface area contributed by atoms with Crippen LogP contribution in [0.25, 0.3) is 22.6 Å². The van der Waals surface area contributed by atoms with Crippen molar-refractivity contribution in [3.63, 3.8) is 0 Å². The maximum atomic E-state index is 5.47. The van der Waals surface area contributed by atoms with Gasteiger partial charge >= 0.3 is 0 Å². The van der Waals surface area contributed by atoms with Crippen molar-refractivity contribution >= 4 is 28.5 Å². The highest BCUT2D eigenvalue weighted by Crippen LogP contribution is 2.40. The van der Waals surface area contributed by atoms with Gasteiger partial charge in [0.05, 0.1) is 39.5 Å². The van der Waals surface area contributed by atoms with Crippen molar-refractivity contribution in [1.82, 2.24) is 29.1 Å². The predicted molar refractivity (Wildman–Crippen MR) is 157 cm³/mol. The van der Waals surface area contributed by atoms with Crippen molar-refractivity contribution in [3.8, 4) is 34.3 Å². The van der Waals surface area contributed by atoms with Crippen LogP contribution in [-0.4, -0.2) is 50.5 Å². The molecule has 3 aromatic heterocycles. The molecular weight excluding hydrogens is 520 g/mol. The third-order valence-electron chi connectivity index (χ3n) is 6.58. The van der Waals surface area contributed by atoms with E-state index in [-0.39, 0.29) is 0 Å². The molecule has 0 bridgehead atoms. The number of fused-ring (bicyclic) bond motifs is 1. The maximum absolute atomic E-state index is 5.47. The molecule has 0 unspecified atom stereocenters. The SMILES string of the molecule is COc1cc(Nc2ncc3c(C)nc(-c4cccc(Nc5ccc(-n6ccnc6)cc5)c4)n3n2)cc(OC)c1OC. The highest BCUT2D eigenvalue weighted by atomic mass is 16.5. The minimum atomic E-state index is 0.387. The number of anilines is 4. The molecule has 0 fully saturated rings. The first-order valence-electron chi connectivity index (χ1n) is 12.8. The van der Waals surface area contributed by atoms with E-state index < -0.39 is 0 Å². The second-order valence-electron chi connectivity index (χ2n) is 9.16. The van der Waals surface area contributed by atoms with Crippen LogP contribution in [0.3, 0.4) is 0 Å². The van der Waals surface area contributed by atoms with Crippen LogP contribution in [0.2, 0.25) is 0 Å². The van der Waals surface area contributed by atoms with E-state index in [0.29, 0.717) is 34.7 Å². The molecule has 0 saturated carbocycles. The van der Waals surface area contributed by atoms with Crippen LogP contribution in [0.4, 0.5) is 23.0 Å². The van der Waals surface area contributed by atoms with E-state index in [0.717, 1.165) is 33.8 Å². The summed E-state index contributed by atoms with van der Waals surface area (Å²) in [6.07, 6.45) is 7.20. The van der Waals surface area contributed by atoms with Crippen molar-refractivity contribution < 1.29 is 14.2 Å². The van der Waals surface area contributed by atoms with Crippen molar-refractivity contribution in [1.29, 1.82) is 0 Å². The second-order valence-corrected chi connectivity index (χ2v) is 9.16. The van der Waals surface area contributed by atoms with Crippen molar-refractivity contribution in [2.24, 2.45) is 0 Å². The Balaban J connectivity index is 1.29. The highest BCUT2D eigenvalue weighted by molar-refractivity contribution is 5.71. The molecule has 3 aromatic carbocycles. The molecule has 6 rings (SSSR count). The number of hydrogen-bond acceptors (Lipinski definition) is 9. The van der Waals surface area contributed by atoms with E-state index in [1.165, 1.54) is 0 Å². The van der Waals surface area contributed by atoms with E-state index >= 15 is 0 Å². The molecule has 2 N–H and O–H groups in total. The van der Waals surface area contributed by atoms with Crippen LogP contribution >= 0.6 is 0 Å². The Kier molecular flexibility index (Phi) is 6.82. The van der Waals surface area contributed by atoms with Crippen LogP contribution in [-0.2, 0) is 0 Å². The highest BCUT2D eigenvalue weighted by Gasteiger charge is 2.16. The smallest absolute Gasteiger partial charge is 0.245 e. The summed E-state index contributed by atoms with van der Waals surface area (Å²) in [4.78, 5) is 13.4. The summed E-state index contributed by atoms with van der Waals surface area (Å²) in [5, 5.41) is 11.5. The zero-order valence-electron chi connectivity index (χ0n) is 23.0. The van der Waals surface area contributed by atoms with Gasteiger partial charge in [-0.25, -0.2) is 19.5 Å². The molecule has 0 aliphatic heterocycles. The van der Waals surface area contributed by atoms with Gasteiger partial charge in [0.2, 0.25) is 11.7 Å². The van der Waals surface area contributed by atoms with Gasteiger partial charge in [0.1, 0.15) is 5.52 Å². The van der Waals surface area contributed by atoms with Crippen molar-refractivity contribution in [3.05, 3.63) is 91.3 Å². The number of hydrogen-bond donors (Lipinski definition) is 2. The summed E-state index contributed by atoms with van der Waals surface area (Å²) < 4.78 is 20.1. The molecule has 41 heavy (non-hydrogen) atoms. The van der Waals surface area contributed by atoms with E-state index in [2.05, 4.69) is 20.6 Å². The largest absolute Gasteiger partial charge is 0.493 e. The van der Waals surface area contributed by atoms with Crippen LogP contribution in [0.15, 0.2) is 85.6 Å².